The number of carbonyl (C=O) groups is 2. The van der Waals surface area contributed by atoms with Gasteiger partial charge < -0.3 is 20.5 Å². The minimum atomic E-state index is -1.03. The van der Waals surface area contributed by atoms with Crippen LogP contribution >= 0.6 is 11.6 Å². The lowest BCUT2D eigenvalue weighted by molar-refractivity contribution is -0.123. The van der Waals surface area contributed by atoms with Crippen molar-refractivity contribution in [3.8, 4) is 5.75 Å². The molecule has 0 saturated carbocycles. The average Bonchev–Trinajstić information content (AvgIpc) is 2.69. The Balaban J connectivity index is 1.71. The van der Waals surface area contributed by atoms with Crippen LogP contribution in [-0.2, 0) is 9.53 Å². The van der Waals surface area contributed by atoms with Crippen molar-refractivity contribution in [2.24, 2.45) is 0 Å². The number of hydrogen-bond acceptors (Lipinski definition) is 5. The normalized spacial score (nSPS) is 11.7. The third kappa shape index (κ3) is 4.18. The highest BCUT2D eigenvalue weighted by molar-refractivity contribution is 6.33. The molecule has 1 amide bonds. The number of ether oxygens (including phenoxy) is 2. The maximum Gasteiger partial charge on any atom is 0.342 e. The van der Waals surface area contributed by atoms with Crippen molar-refractivity contribution in [3.05, 3.63) is 65.2 Å². The van der Waals surface area contributed by atoms with Gasteiger partial charge >= 0.3 is 5.97 Å². The van der Waals surface area contributed by atoms with Gasteiger partial charge in [0.1, 0.15) is 11.3 Å². The lowest BCUT2D eigenvalue weighted by atomic mass is 10.1. The van der Waals surface area contributed by atoms with Crippen molar-refractivity contribution in [2.75, 3.05) is 18.2 Å². The molecular weight excluding hydrogens is 380 g/mol. The molecule has 0 spiro atoms. The molecule has 144 valence electrons. The van der Waals surface area contributed by atoms with Crippen LogP contribution in [0, 0.1) is 0 Å². The highest BCUT2D eigenvalue weighted by Gasteiger charge is 2.22. The maximum absolute atomic E-state index is 12.4. The quantitative estimate of drug-likeness (QED) is 0.494. The Kier molecular flexibility index (Phi) is 5.70. The van der Waals surface area contributed by atoms with Crippen molar-refractivity contribution >= 4 is 45.6 Å². The van der Waals surface area contributed by atoms with Gasteiger partial charge in [-0.2, -0.15) is 0 Å². The van der Waals surface area contributed by atoms with Crippen LogP contribution in [0.5, 0.6) is 5.75 Å². The molecule has 1 atom stereocenters. The predicted molar refractivity (Wildman–Crippen MR) is 110 cm³/mol. The van der Waals surface area contributed by atoms with Crippen LogP contribution in [-0.4, -0.2) is 25.1 Å². The van der Waals surface area contributed by atoms with Crippen molar-refractivity contribution in [2.45, 2.75) is 13.0 Å². The molecule has 0 bridgehead atoms. The van der Waals surface area contributed by atoms with Gasteiger partial charge in [0.25, 0.3) is 5.91 Å². The fourth-order valence-electron chi connectivity index (χ4n) is 2.69. The molecule has 3 rings (SSSR count). The summed E-state index contributed by atoms with van der Waals surface area (Å²) in [5.41, 5.74) is 6.69. The van der Waals surface area contributed by atoms with Gasteiger partial charge in [-0.25, -0.2) is 4.79 Å². The zero-order valence-corrected chi connectivity index (χ0v) is 16.1. The van der Waals surface area contributed by atoms with Crippen LogP contribution in [0.3, 0.4) is 0 Å². The van der Waals surface area contributed by atoms with Crippen LogP contribution < -0.4 is 15.8 Å². The van der Waals surface area contributed by atoms with Crippen molar-refractivity contribution in [1.82, 2.24) is 0 Å². The number of nitrogen functional groups attached to an aromatic ring is 1. The number of rotatable bonds is 5. The van der Waals surface area contributed by atoms with Crippen LogP contribution in [0.2, 0.25) is 5.02 Å². The number of halogens is 1. The van der Waals surface area contributed by atoms with Gasteiger partial charge in [0, 0.05) is 11.8 Å². The monoisotopic (exact) mass is 398 g/mol. The van der Waals surface area contributed by atoms with E-state index in [-0.39, 0.29) is 22.0 Å². The molecule has 3 aromatic rings. The Morgan fingerprint density at radius 3 is 2.50 bits per heavy atom. The first-order chi connectivity index (χ1) is 13.4. The highest BCUT2D eigenvalue weighted by atomic mass is 35.5. The number of carbonyl (C=O) groups excluding carboxylic acids is 2. The zero-order valence-electron chi connectivity index (χ0n) is 15.4. The smallest absolute Gasteiger partial charge is 0.342 e. The summed E-state index contributed by atoms with van der Waals surface area (Å²) in [4.78, 5) is 24.9. The lowest BCUT2D eigenvalue weighted by Crippen LogP contribution is -2.30. The maximum atomic E-state index is 12.4. The van der Waals surface area contributed by atoms with Gasteiger partial charge in [0.05, 0.1) is 17.8 Å². The number of fused-ring (bicyclic) bond motifs is 1. The first-order valence-corrected chi connectivity index (χ1v) is 8.90. The molecule has 7 heteroatoms. The molecule has 0 aromatic heterocycles. The van der Waals surface area contributed by atoms with Gasteiger partial charge in [0.15, 0.2) is 6.10 Å². The zero-order chi connectivity index (χ0) is 20.3. The molecule has 28 heavy (non-hydrogen) atoms. The largest absolute Gasteiger partial charge is 0.496 e. The second kappa shape index (κ2) is 8.19. The Hall–Kier alpha value is -3.25. The SMILES string of the molecule is COc1cc(N)c(Cl)cc1C(=O)O[C@@H](C)C(=O)Nc1ccc2ccccc2c1. The van der Waals surface area contributed by atoms with Gasteiger partial charge in [-0.15, -0.1) is 0 Å². The Labute approximate surface area is 167 Å². The Morgan fingerprint density at radius 2 is 1.79 bits per heavy atom. The molecule has 0 fully saturated rings. The minimum absolute atomic E-state index is 0.0899. The highest BCUT2D eigenvalue weighted by Crippen LogP contribution is 2.29. The summed E-state index contributed by atoms with van der Waals surface area (Å²) in [7, 11) is 1.40. The third-order valence-electron chi connectivity index (χ3n) is 4.21. The molecule has 0 aliphatic carbocycles. The minimum Gasteiger partial charge on any atom is -0.496 e. The second-order valence-corrected chi connectivity index (χ2v) is 6.58. The predicted octanol–water partition coefficient (Wildman–Crippen LogP) is 4.27. The van der Waals surface area contributed by atoms with Gasteiger partial charge in [-0.3, -0.25) is 4.79 Å². The van der Waals surface area contributed by atoms with E-state index in [0.29, 0.717) is 5.69 Å². The van der Waals surface area contributed by atoms with Gasteiger partial charge in [-0.1, -0.05) is 41.9 Å². The van der Waals surface area contributed by atoms with Crippen molar-refractivity contribution in [3.63, 3.8) is 0 Å². The van der Waals surface area contributed by atoms with Crippen molar-refractivity contribution in [1.29, 1.82) is 0 Å². The number of anilines is 2. The molecule has 0 saturated heterocycles. The number of methoxy groups -OCH3 is 1. The molecule has 0 heterocycles. The molecule has 6 nitrogen and oxygen atoms in total. The topological polar surface area (TPSA) is 90.7 Å². The standard InChI is InChI=1S/C21H19ClN2O4/c1-12(28-21(26)16-10-17(22)18(23)11-19(16)27-2)20(25)24-15-8-7-13-5-3-4-6-14(13)9-15/h3-12H,23H2,1-2H3,(H,24,25)/t12-/m0/s1. The van der Waals surface area contributed by atoms with E-state index < -0.39 is 18.0 Å². The average molecular weight is 399 g/mol. The summed E-state index contributed by atoms with van der Waals surface area (Å²) in [5.74, 6) is -0.974. The van der Waals surface area contributed by atoms with E-state index in [9.17, 15) is 9.59 Å². The Bertz CT molecular complexity index is 1050. The molecule has 3 N–H and O–H groups in total. The van der Waals surface area contributed by atoms with Gasteiger partial charge in [0.2, 0.25) is 0 Å². The first kappa shape index (κ1) is 19.5. The molecule has 3 aromatic carbocycles. The lowest BCUT2D eigenvalue weighted by Gasteiger charge is -2.15. The number of nitrogens with two attached hydrogens (primary N) is 1. The number of amides is 1. The van der Waals surface area contributed by atoms with Crippen LogP contribution in [0.4, 0.5) is 11.4 Å². The number of hydrogen-bond donors (Lipinski definition) is 2. The van der Waals surface area contributed by atoms with E-state index in [0.717, 1.165) is 10.8 Å². The Morgan fingerprint density at radius 1 is 1.07 bits per heavy atom. The summed E-state index contributed by atoms with van der Waals surface area (Å²) < 4.78 is 10.4. The fourth-order valence-corrected chi connectivity index (χ4v) is 2.85. The van der Waals surface area contributed by atoms with Crippen LogP contribution in [0.1, 0.15) is 17.3 Å². The van der Waals surface area contributed by atoms with E-state index in [1.54, 1.807) is 6.07 Å². The summed E-state index contributed by atoms with van der Waals surface area (Å²) in [6.45, 7) is 1.49. The van der Waals surface area contributed by atoms with Crippen molar-refractivity contribution < 1.29 is 19.1 Å². The molecule has 0 radical (unpaired) electrons. The van der Waals surface area contributed by atoms with Gasteiger partial charge in [-0.05, 0) is 35.9 Å². The fraction of sp³-hybridized carbons (Fsp3) is 0.143. The summed E-state index contributed by atoms with van der Waals surface area (Å²) >= 11 is 5.97. The van der Waals surface area contributed by atoms with E-state index in [4.69, 9.17) is 26.8 Å². The van der Waals surface area contributed by atoms with Crippen LogP contribution in [0.15, 0.2) is 54.6 Å². The number of esters is 1. The van der Waals surface area contributed by atoms with E-state index in [1.165, 1.54) is 26.2 Å². The first-order valence-electron chi connectivity index (χ1n) is 8.52. The summed E-state index contributed by atoms with van der Waals surface area (Å²) in [5, 5.41) is 5.00. The van der Waals surface area contributed by atoms with E-state index in [2.05, 4.69) is 5.32 Å². The second-order valence-electron chi connectivity index (χ2n) is 6.17. The van der Waals surface area contributed by atoms with Crippen LogP contribution in [0.25, 0.3) is 10.8 Å². The third-order valence-corrected chi connectivity index (χ3v) is 4.54. The molecular formula is C21H19ClN2O4. The number of nitrogens with one attached hydrogen (secondary N) is 1. The molecule has 0 unspecified atom stereocenters. The van der Waals surface area contributed by atoms with E-state index >= 15 is 0 Å². The summed E-state index contributed by atoms with van der Waals surface area (Å²) in [6, 6.07) is 16.1. The number of benzene rings is 3. The summed E-state index contributed by atoms with van der Waals surface area (Å²) in [6.07, 6.45) is -1.03. The molecule has 0 aliphatic rings. The molecule has 0 aliphatic heterocycles. The van der Waals surface area contributed by atoms with E-state index in [1.807, 2.05) is 36.4 Å².